The van der Waals surface area contributed by atoms with Crippen LogP contribution >= 0.6 is 0 Å². The van der Waals surface area contributed by atoms with Crippen LogP contribution in [0.25, 0.3) is 0 Å². The number of rotatable bonds is 2. The highest BCUT2D eigenvalue weighted by molar-refractivity contribution is 6.18. The average molecular weight is 172 g/mol. The second-order valence-electron chi connectivity index (χ2n) is 2.39. The summed E-state index contributed by atoms with van der Waals surface area (Å²) in [6.07, 6.45) is -1.07. The summed E-state index contributed by atoms with van der Waals surface area (Å²) in [4.78, 5) is 21.6. The summed E-state index contributed by atoms with van der Waals surface area (Å²) < 4.78 is 4.46. The number of carbonyl (C=O) groups excluding carboxylic acids is 2. The molecule has 0 fully saturated rings. The Kier molecular flexibility index (Phi) is 2.14. The summed E-state index contributed by atoms with van der Waals surface area (Å²) in [7, 11) is 0. The van der Waals surface area contributed by atoms with Crippen molar-refractivity contribution in [2.45, 2.75) is 13.0 Å². The fraction of sp³-hybridized carbons (Fsp3) is 0.429. The third-order valence-corrected chi connectivity index (χ3v) is 1.53. The molecular weight excluding hydrogens is 164 g/mol. The van der Waals surface area contributed by atoms with Crippen molar-refractivity contribution in [2.24, 2.45) is 0 Å². The zero-order valence-electron chi connectivity index (χ0n) is 6.40. The van der Waals surface area contributed by atoms with Crippen LogP contribution in [0.15, 0.2) is 11.3 Å². The number of hydrogen-bond donors (Lipinski definition) is 2. The number of esters is 1. The van der Waals surface area contributed by atoms with Crippen molar-refractivity contribution in [3.05, 3.63) is 11.3 Å². The van der Waals surface area contributed by atoms with Crippen LogP contribution in [0.1, 0.15) is 6.92 Å². The summed E-state index contributed by atoms with van der Waals surface area (Å²) in [6, 6.07) is 0. The van der Waals surface area contributed by atoms with Crippen LogP contribution in [-0.4, -0.2) is 34.7 Å². The first-order valence-electron chi connectivity index (χ1n) is 3.33. The number of Topliss-reactive ketones (excluding diaryl/α,β-unsaturated/α-hetero) is 1. The summed E-state index contributed by atoms with van der Waals surface area (Å²) >= 11 is 0. The number of hydrogen-bond acceptors (Lipinski definition) is 5. The maximum Gasteiger partial charge on any atom is 0.346 e. The van der Waals surface area contributed by atoms with Gasteiger partial charge in [0, 0.05) is 0 Å². The summed E-state index contributed by atoms with van der Waals surface area (Å²) in [5, 5.41) is 17.7. The maximum atomic E-state index is 10.8. The molecule has 1 aliphatic heterocycles. The van der Waals surface area contributed by atoms with Gasteiger partial charge in [0.1, 0.15) is 5.57 Å². The highest BCUT2D eigenvalue weighted by Gasteiger charge is 2.35. The van der Waals surface area contributed by atoms with Crippen LogP contribution in [-0.2, 0) is 14.3 Å². The highest BCUT2D eigenvalue weighted by atomic mass is 16.6. The van der Waals surface area contributed by atoms with Crippen LogP contribution in [0.3, 0.4) is 0 Å². The molecule has 1 atom stereocenters. The van der Waals surface area contributed by atoms with E-state index in [4.69, 9.17) is 10.2 Å². The van der Waals surface area contributed by atoms with E-state index in [-0.39, 0.29) is 5.57 Å². The first-order valence-corrected chi connectivity index (χ1v) is 3.33. The molecule has 0 saturated carbocycles. The summed E-state index contributed by atoms with van der Waals surface area (Å²) in [6.45, 7) is 0.626. The largest absolute Gasteiger partial charge is 0.507 e. The Morgan fingerprint density at radius 3 is 2.50 bits per heavy atom. The zero-order valence-corrected chi connectivity index (χ0v) is 6.40. The summed E-state index contributed by atoms with van der Waals surface area (Å²) in [5.74, 6) is -1.91. The van der Waals surface area contributed by atoms with Gasteiger partial charge >= 0.3 is 5.97 Å². The van der Waals surface area contributed by atoms with Crippen molar-refractivity contribution in [3.63, 3.8) is 0 Å². The van der Waals surface area contributed by atoms with E-state index in [2.05, 4.69) is 4.74 Å². The van der Waals surface area contributed by atoms with Gasteiger partial charge in [0.05, 0.1) is 6.61 Å². The molecule has 1 heterocycles. The van der Waals surface area contributed by atoms with Crippen LogP contribution in [0.2, 0.25) is 0 Å². The predicted octanol–water partition coefficient (Wildman–Crippen LogP) is -0.695. The smallest absolute Gasteiger partial charge is 0.346 e. The monoisotopic (exact) mass is 172 g/mol. The van der Waals surface area contributed by atoms with E-state index in [0.717, 1.165) is 6.92 Å². The van der Waals surface area contributed by atoms with Crippen molar-refractivity contribution in [2.75, 3.05) is 6.61 Å². The van der Waals surface area contributed by atoms with Gasteiger partial charge in [-0.05, 0) is 6.92 Å². The minimum Gasteiger partial charge on any atom is -0.507 e. The Balaban J connectivity index is 3.01. The Bertz CT molecular complexity index is 265. The lowest BCUT2D eigenvalue weighted by Gasteiger charge is -2.03. The topological polar surface area (TPSA) is 83.8 Å². The standard InChI is InChI=1S/C7H8O5/c1-3(9)5-6(10)4(2-8)12-7(5)11/h4,8,10H,2H2,1H3/t4-/m0/s1. The van der Waals surface area contributed by atoms with Gasteiger partial charge in [-0.25, -0.2) is 4.79 Å². The van der Waals surface area contributed by atoms with Crippen molar-refractivity contribution < 1.29 is 24.5 Å². The molecule has 1 aliphatic rings. The normalized spacial score (nSPS) is 22.8. The van der Waals surface area contributed by atoms with E-state index in [9.17, 15) is 9.59 Å². The Hall–Kier alpha value is -1.36. The molecule has 12 heavy (non-hydrogen) atoms. The molecule has 0 amide bonds. The van der Waals surface area contributed by atoms with Crippen LogP contribution in [0.4, 0.5) is 0 Å². The Morgan fingerprint density at radius 2 is 2.25 bits per heavy atom. The molecule has 0 aromatic carbocycles. The number of carbonyl (C=O) groups is 2. The minimum absolute atomic E-state index is 0.367. The van der Waals surface area contributed by atoms with Crippen molar-refractivity contribution >= 4 is 11.8 Å². The molecule has 1 rings (SSSR count). The zero-order chi connectivity index (χ0) is 9.30. The van der Waals surface area contributed by atoms with Gasteiger partial charge in [0.2, 0.25) is 0 Å². The third kappa shape index (κ3) is 1.18. The van der Waals surface area contributed by atoms with Gasteiger partial charge in [0.15, 0.2) is 17.6 Å². The van der Waals surface area contributed by atoms with Gasteiger partial charge in [-0.2, -0.15) is 0 Å². The van der Waals surface area contributed by atoms with E-state index in [0.29, 0.717) is 0 Å². The van der Waals surface area contributed by atoms with Gasteiger partial charge in [-0.3, -0.25) is 4.79 Å². The number of aliphatic hydroxyl groups is 2. The molecule has 2 N–H and O–H groups in total. The number of ether oxygens (including phenoxy) is 1. The molecule has 5 nitrogen and oxygen atoms in total. The van der Waals surface area contributed by atoms with Crippen LogP contribution < -0.4 is 0 Å². The molecular formula is C7H8O5. The van der Waals surface area contributed by atoms with E-state index in [1.54, 1.807) is 0 Å². The molecule has 0 spiro atoms. The lowest BCUT2D eigenvalue weighted by molar-refractivity contribution is -0.142. The molecule has 0 aromatic heterocycles. The molecule has 0 radical (unpaired) electrons. The lowest BCUT2D eigenvalue weighted by Crippen LogP contribution is -2.15. The van der Waals surface area contributed by atoms with Crippen molar-refractivity contribution in [1.29, 1.82) is 0 Å². The number of aliphatic hydroxyl groups excluding tert-OH is 2. The fourth-order valence-corrected chi connectivity index (χ4v) is 0.957. The Labute approximate surface area is 68.3 Å². The maximum absolute atomic E-state index is 10.8. The third-order valence-electron chi connectivity index (χ3n) is 1.53. The molecule has 0 saturated heterocycles. The SMILES string of the molecule is CC(=O)C1=C(O)[C@H](CO)OC1=O. The van der Waals surface area contributed by atoms with Crippen LogP contribution in [0.5, 0.6) is 0 Å². The van der Waals surface area contributed by atoms with E-state index >= 15 is 0 Å². The number of cyclic esters (lactones) is 1. The van der Waals surface area contributed by atoms with E-state index in [1.807, 2.05) is 0 Å². The van der Waals surface area contributed by atoms with Gasteiger partial charge in [-0.15, -0.1) is 0 Å². The van der Waals surface area contributed by atoms with Gasteiger partial charge in [-0.1, -0.05) is 0 Å². The lowest BCUT2D eigenvalue weighted by atomic mass is 10.1. The minimum atomic E-state index is -1.07. The Morgan fingerprint density at radius 1 is 1.67 bits per heavy atom. The molecule has 66 valence electrons. The van der Waals surface area contributed by atoms with Gasteiger partial charge < -0.3 is 14.9 Å². The average Bonchev–Trinajstić information content (AvgIpc) is 2.25. The second kappa shape index (κ2) is 2.94. The van der Waals surface area contributed by atoms with Crippen molar-refractivity contribution in [1.82, 2.24) is 0 Å². The molecule has 0 aliphatic carbocycles. The summed E-state index contributed by atoms with van der Waals surface area (Å²) in [5.41, 5.74) is -0.367. The number of ketones is 1. The molecule has 5 heteroatoms. The van der Waals surface area contributed by atoms with Gasteiger partial charge in [0.25, 0.3) is 0 Å². The predicted molar refractivity (Wildman–Crippen MR) is 37.3 cm³/mol. The van der Waals surface area contributed by atoms with E-state index < -0.39 is 30.2 Å². The second-order valence-corrected chi connectivity index (χ2v) is 2.39. The first-order chi connectivity index (χ1) is 5.57. The molecule has 0 unspecified atom stereocenters. The molecule has 0 bridgehead atoms. The van der Waals surface area contributed by atoms with E-state index in [1.165, 1.54) is 0 Å². The quantitative estimate of drug-likeness (QED) is 0.425. The fourth-order valence-electron chi connectivity index (χ4n) is 0.957. The van der Waals surface area contributed by atoms with Crippen molar-refractivity contribution in [3.8, 4) is 0 Å². The van der Waals surface area contributed by atoms with Crippen LogP contribution in [0, 0.1) is 0 Å². The highest BCUT2D eigenvalue weighted by Crippen LogP contribution is 2.20. The first kappa shape index (κ1) is 8.73. The molecule has 0 aromatic rings.